The van der Waals surface area contributed by atoms with Crippen LogP contribution in [0.25, 0.3) is 0 Å². The summed E-state index contributed by atoms with van der Waals surface area (Å²) < 4.78 is 1.22. The molecule has 0 bridgehead atoms. The van der Waals surface area contributed by atoms with Crippen molar-refractivity contribution >= 4 is 15.9 Å². The summed E-state index contributed by atoms with van der Waals surface area (Å²) in [5.74, 6) is 0.574. The summed E-state index contributed by atoms with van der Waals surface area (Å²) in [5.41, 5.74) is 2.84. The summed E-state index contributed by atoms with van der Waals surface area (Å²) in [6.07, 6.45) is 3.46. The first-order chi connectivity index (χ1) is 10.3. The van der Waals surface area contributed by atoms with Crippen molar-refractivity contribution in [1.82, 2.24) is 5.32 Å². The third-order valence-electron chi connectivity index (χ3n) is 3.81. The number of benzene rings is 2. The van der Waals surface area contributed by atoms with Gasteiger partial charge in [0.25, 0.3) is 0 Å². The van der Waals surface area contributed by atoms with E-state index in [1.165, 1.54) is 28.4 Å². The maximum atomic E-state index is 3.65. The summed E-state index contributed by atoms with van der Waals surface area (Å²) in [6.45, 7) is 4.37. The van der Waals surface area contributed by atoms with Crippen LogP contribution in [0.15, 0.2) is 59.1 Å². The van der Waals surface area contributed by atoms with Crippen molar-refractivity contribution in [3.63, 3.8) is 0 Å². The molecule has 2 aromatic carbocycles. The van der Waals surface area contributed by atoms with E-state index in [0.29, 0.717) is 5.92 Å². The SMILES string of the molecule is CCCNCC(CCc1ccccc1Br)c1ccccc1. The smallest absolute Gasteiger partial charge is 0.0207 e. The van der Waals surface area contributed by atoms with Gasteiger partial charge in [0.05, 0.1) is 0 Å². The van der Waals surface area contributed by atoms with Gasteiger partial charge in [-0.1, -0.05) is 71.4 Å². The summed E-state index contributed by atoms with van der Waals surface area (Å²) in [4.78, 5) is 0. The predicted molar refractivity (Wildman–Crippen MR) is 94.8 cm³/mol. The van der Waals surface area contributed by atoms with Gasteiger partial charge in [-0.3, -0.25) is 0 Å². The minimum Gasteiger partial charge on any atom is -0.316 e. The van der Waals surface area contributed by atoms with E-state index in [0.717, 1.165) is 19.5 Å². The van der Waals surface area contributed by atoms with Gasteiger partial charge < -0.3 is 5.32 Å². The van der Waals surface area contributed by atoms with Crippen LogP contribution in [0.1, 0.15) is 36.8 Å². The number of hydrogen-bond donors (Lipinski definition) is 1. The van der Waals surface area contributed by atoms with Gasteiger partial charge in [0.2, 0.25) is 0 Å². The molecule has 0 heterocycles. The molecule has 0 amide bonds. The molecule has 0 aromatic heterocycles. The van der Waals surface area contributed by atoms with Gasteiger partial charge in [0, 0.05) is 11.0 Å². The van der Waals surface area contributed by atoms with Crippen LogP contribution in [0, 0.1) is 0 Å². The second kappa shape index (κ2) is 9.01. The third kappa shape index (κ3) is 5.29. The van der Waals surface area contributed by atoms with Gasteiger partial charge in [-0.05, 0) is 48.9 Å². The van der Waals surface area contributed by atoms with Crippen LogP contribution >= 0.6 is 15.9 Å². The highest BCUT2D eigenvalue weighted by molar-refractivity contribution is 9.10. The predicted octanol–water partition coefficient (Wildman–Crippen LogP) is 5.17. The fourth-order valence-corrected chi connectivity index (χ4v) is 3.08. The minimum absolute atomic E-state index is 0.574. The standard InChI is InChI=1S/C19H24BrN/c1-2-14-21-15-18(16-8-4-3-5-9-16)13-12-17-10-6-7-11-19(17)20/h3-11,18,21H,2,12-15H2,1H3. The first kappa shape index (κ1) is 16.3. The van der Waals surface area contributed by atoms with Crippen LogP contribution in [0.5, 0.6) is 0 Å². The van der Waals surface area contributed by atoms with E-state index in [9.17, 15) is 0 Å². The highest BCUT2D eigenvalue weighted by atomic mass is 79.9. The Labute approximate surface area is 136 Å². The highest BCUT2D eigenvalue weighted by Gasteiger charge is 2.11. The number of rotatable bonds is 8. The molecule has 0 saturated carbocycles. The first-order valence-electron chi connectivity index (χ1n) is 7.80. The zero-order valence-electron chi connectivity index (χ0n) is 12.7. The van der Waals surface area contributed by atoms with Crippen molar-refractivity contribution in [2.45, 2.75) is 32.1 Å². The van der Waals surface area contributed by atoms with E-state index in [4.69, 9.17) is 0 Å². The van der Waals surface area contributed by atoms with Gasteiger partial charge in [-0.15, -0.1) is 0 Å². The van der Waals surface area contributed by atoms with Crippen molar-refractivity contribution in [3.05, 3.63) is 70.2 Å². The molecule has 21 heavy (non-hydrogen) atoms. The normalized spacial score (nSPS) is 12.3. The van der Waals surface area contributed by atoms with E-state index in [1.54, 1.807) is 0 Å². The molecule has 0 spiro atoms. The van der Waals surface area contributed by atoms with Crippen LogP contribution < -0.4 is 5.32 Å². The quantitative estimate of drug-likeness (QED) is 0.651. The zero-order valence-corrected chi connectivity index (χ0v) is 14.3. The molecule has 1 atom stereocenters. The van der Waals surface area contributed by atoms with E-state index in [2.05, 4.69) is 82.8 Å². The molecular weight excluding hydrogens is 322 g/mol. The topological polar surface area (TPSA) is 12.0 Å². The van der Waals surface area contributed by atoms with Crippen LogP contribution in [0.4, 0.5) is 0 Å². The summed E-state index contributed by atoms with van der Waals surface area (Å²) in [5, 5.41) is 3.57. The molecular formula is C19H24BrN. The molecule has 2 rings (SSSR count). The summed E-state index contributed by atoms with van der Waals surface area (Å²) in [6, 6.07) is 19.4. The van der Waals surface area contributed by atoms with Crippen molar-refractivity contribution in [3.8, 4) is 0 Å². The van der Waals surface area contributed by atoms with Gasteiger partial charge in [0.15, 0.2) is 0 Å². The second-order valence-electron chi connectivity index (χ2n) is 5.44. The van der Waals surface area contributed by atoms with Crippen molar-refractivity contribution in [2.75, 3.05) is 13.1 Å². The van der Waals surface area contributed by atoms with Crippen molar-refractivity contribution < 1.29 is 0 Å². The molecule has 0 aliphatic carbocycles. The lowest BCUT2D eigenvalue weighted by Crippen LogP contribution is -2.22. The minimum atomic E-state index is 0.574. The Morgan fingerprint density at radius 2 is 1.71 bits per heavy atom. The Balaban J connectivity index is 2.00. The van der Waals surface area contributed by atoms with Gasteiger partial charge in [-0.2, -0.15) is 0 Å². The van der Waals surface area contributed by atoms with Crippen LogP contribution in [0.3, 0.4) is 0 Å². The lowest BCUT2D eigenvalue weighted by Gasteiger charge is -2.18. The Kier molecular flexibility index (Phi) is 6.98. The maximum absolute atomic E-state index is 3.65. The van der Waals surface area contributed by atoms with Crippen LogP contribution in [-0.4, -0.2) is 13.1 Å². The Bertz CT molecular complexity index is 524. The largest absolute Gasteiger partial charge is 0.316 e. The average Bonchev–Trinajstić information content (AvgIpc) is 2.53. The van der Waals surface area contributed by atoms with Gasteiger partial charge >= 0.3 is 0 Å². The molecule has 0 saturated heterocycles. The van der Waals surface area contributed by atoms with Crippen molar-refractivity contribution in [1.29, 1.82) is 0 Å². The van der Waals surface area contributed by atoms with Crippen LogP contribution in [-0.2, 0) is 6.42 Å². The number of nitrogens with one attached hydrogen (secondary N) is 1. The molecule has 2 aromatic rings. The van der Waals surface area contributed by atoms with Crippen LogP contribution in [0.2, 0.25) is 0 Å². The molecule has 1 nitrogen and oxygen atoms in total. The molecule has 112 valence electrons. The molecule has 0 fully saturated rings. The first-order valence-corrected chi connectivity index (χ1v) is 8.59. The van der Waals surface area contributed by atoms with E-state index >= 15 is 0 Å². The second-order valence-corrected chi connectivity index (χ2v) is 6.30. The van der Waals surface area contributed by atoms with E-state index < -0.39 is 0 Å². The zero-order chi connectivity index (χ0) is 14.9. The maximum Gasteiger partial charge on any atom is 0.0207 e. The van der Waals surface area contributed by atoms with Gasteiger partial charge in [-0.25, -0.2) is 0 Å². The lowest BCUT2D eigenvalue weighted by molar-refractivity contribution is 0.548. The monoisotopic (exact) mass is 345 g/mol. The molecule has 0 radical (unpaired) electrons. The Morgan fingerprint density at radius 3 is 2.43 bits per heavy atom. The lowest BCUT2D eigenvalue weighted by atomic mass is 9.92. The summed E-state index contributed by atoms with van der Waals surface area (Å²) in [7, 11) is 0. The number of hydrogen-bond acceptors (Lipinski definition) is 1. The van der Waals surface area contributed by atoms with E-state index in [-0.39, 0.29) is 0 Å². The fourth-order valence-electron chi connectivity index (χ4n) is 2.60. The molecule has 0 aliphatic heterocycles. The fraction of sp³-hybridized carbons (Fsp3) is 0.368. The number of aryl methyl sites for hydroxylation is 1. The van der Waals surface area contributed by atoms with Crippen molar-refractivity contribution in [2.24, 2.45) is 0 Å². The average molecular weight is 346 g/mol. The van der Waals surface area contributed by atoms with E-state index in [1.807, 2.05) is 0 Å². The molecule has 0 aliphatic rings. The Hall–Kier alpha value is -1.12. The summed E-state index contributed by atoms with van der Waals surface area (Å²) >= 11 is 3.65. The molecule has 1 N–H and O–H groups in total. The Morgan fingerprint density at radius 1 is 1.00 bits per heavy atom. The highest BCUT2D eigenvalue weighted by Crippen LogP contribution is 2.24. The van der Waals surface area contributed by atoms with Gasteiger partial charge in [0.1, 0.15) is 0 Å². The molecule has 1 unspecified atom stereocenters. The molecule has 2 heteroatoms. The number of halogens is 1. The third-order valence-corrected chi connectivity index (χ3v) is 4.58.